The van der Waals surface area contributed by atoms with Crippen molar-refractivity contribution in [3.63, 3.8) is 0 Å². The van der Waals surface area contributed by atoms with Crippen molar-refractivity contribution in [3.8, 4) is 0 Å². The van der Waals surface area contributed by atoms with Gasteiger partial charge in [0.05, 0.1) is 10.6 Å². The number of nitrogens with one attached hydrogen (secondary N) is 2. The van der Waals surface area contributed by atoms with Crippen LogP contribution in [0.15, 0.2) is 47.4 Å². The SMILES string of the molecule is O=C(NC1CC1)c1ccc(S(=O)(=O)Nc2ccc(F)cc2F)cc1. The van der Waals surface area contributed by atoms with Gasteiger partial charge in [0.15, 0.2) is 0 Å². The summed E-state index contributed by atoms with van der Waals surface area (Å²) in [6, 6.07) is 8.01. The first-order valence-electron chi connectivity index (χ1n) is 7.24. The van der Waals surface area contributed by atoms with Crippen LogP contribution in [0, 0.1) is 11.6 Å². The third-order valence-corrected chi connectivity index (χ3v) is 4.90. The van der Waals surface area contributed by atoms with Gasteiger partial charge in [0.25, 0.3) is 15.9 Å². The Balaban J connectivity index is 1.77. The number of hydrogen-bond donors (Lipinski definition) is 2. The van der Waals surface area contributed by atoms with E-state index < -0.39 is 21.7 Å². The Morgan fingerprint density at radius 2 is 1.71 bits per heavy atom. The molecule has 0 atom stereocenters. The molecule has 2 aromatic carbocycles. The normalized spacial score (nSPS) is 14.2. The Labute approximate surface area is 137 Å². The Hall–Kier alpha value is -2.48. The molecule has 5 nitrogen and oxygen atoms in total. The quantitative estimate of drug-likeness (QED) is 0.869. The molecule has 1 amide bonds. The van der Waals surface area contributed by atoms with Gasteiger partial charge in [-0.25, -0.2) is 17.2 Å². The van der Waals surface area contributed by atoms with Crippen LogP contribution in [0.1, 0.15) is 23.2 Å². The van der Waals surface area contributed by atoms with Gasteiger partial charge in [0.1, 0.15) is 11.6 Å². The minimum Gasteiger partial charge on any atom is -0.349 e. The van der Waals surface area contributed by atoms with Crippen molar-refractivity contribution in [1.29, 1.82) is 0 Å². The molecule has 1 fully saturated rings. The van der Waals surface area contributed by atoms with Crippen LogP contribution < -0.4 is 10.0 Å². The first kappa shape index (κ1) is 16.4. The van der Waals surface area contributed by atoms with Crippen molar-refractivity contribution >= 4 is 21.6 Å². The number of carbonyl (C=O) groups excluding carboxylic acids is 1. The molecule has 0 heterocycles. The van der Waals surface area contributed by atoms with Crippen molar-refractivity contribution in [2.45, 2.75) is 23.8 Å². The third-order valence-electron chi connectivity index (χ3n) is 3.51. The fourth-order valence-electron chi connectivity index (χ4n) is 2.06. The second kappa shape index (κ2) is 6.20. The van der Waals surface area contributed by atoms with Crippen LogP contribution in [0.5, 0.6) is 0 Å². The molecule has 2 aromatic rings. The molecule has 24 heavy (non-hydrogen) atoms. The van der Waals surface area contributed by atoms with Crippen molar-refractivity contribution in [2.75, 3.05) is 4.72 Å². The highest BCUT2D eigenvalue weighted by molar-refractivity contribution is 7.92. The summed E-state index contributed by atoms with van der Waals surface area (Å²) in [5, 5.41) is 2.79. The highest BCUT2D eigenvalue weighted by Crippen LogP contribution is 2.21. The van der Waals surface area contributed by atoms with Gasteiger partial charge in [-0.2, -0.15) is 0 Å². The predicted octanol–water partition coefficient (Wildman–Crippen LogP) is 2.66. The zero-order valence-electron chi connectivity index (χ0n) is 12.4. The number of rotatable bonds is 5. The van der Waals surface area contributed by atoms with Gasteiger partial charge >= 0.3 is 0 Å². The standard InChI is InChI=1S/C16H14F2N2O3S/c17-11-3-8-15(14(18)9-11)20-24(22,23)13-6-1-10(2-7-13)16(21)19-12-4-5-12/h1-3,6-9,12,20H,4-5H2,(H,19,21). The molecule has 0 unspecified atom stereocenters. The van der Waals surface area contributed by atoms with E-state index in [9.17, 15) is 22.0 Å². The van der Waals surface area contributed by atoms with E-state index in [4.69, 9.17) is 0 Å². The highest BCUT2D eigenvalue weighted by Gasteiger charge is 2.24. The zero-order chi connectivity index (χ0) is 17.3. The molecule has 3 rings (SSSR count). The maximum Gasteiger partial charge on any atom is 0.261 e. The van der Waals surface area contributed by atoms with Crippen LogP contribution in [-0.4, -0.2) is 20.4 Å². The van der Waals surface area contributed by atoms with E-state index >= 15 is 0 Å². The van der Waals surface area contributed by atoms with Crippen molar-refractivity contribution in [3.05, 3.63) is 59.7 Å². The molecular weight excluding hydrogens is 338 g/mol. The molecule has 0 radical (unpaired) electrons. The molecule has 126 valence electrons. The number of sulfonamides is 1. The van der Waals surface area contributed by atoms with Crippen LogP contribution in [0.25, 0.3) is 0 Å². The van der Waals surface area contributed by atoms with Gasteiger partial charge in [-0.1, -0.05) is 0 Å². The highest BCUT2D eigenvalue weighted by atomic mass is 32.2. The largest absolute Gasteiger partial charge is 0.349 e. The summed E-state index contributed by atoms with van der Waals surface area (Å²) in [5.41, 5.74) is -0.0132. The lowest BCUT2D eigenvalue weighted by Gasteiger charge is -2.10. The predicted molar refractivity (Wildman–Crippen MR) is 84.1 cm³/mol. The fourth-order valence-corrected chi connectivity index (χ4v) is 3.13. The monoisotopic (exact) mass is 352 g/mol. The van der Waals surface area contributed by atoms with E-state index in [-0.39, 0.29) is 22.5 Å². The molecule has 0 aliphatic heterocycles. The van der Waals surface area contributed by atoms with Gasteiger partial charge in [-0.3, -0.25) is 9.52 Å². The molecule has 1 saturated carbocycles. The van der Waals surface area contributed by atoms with Crippen molar-refractivity contribution in [1.82, 2.24) is 5.32 Å². The lowest BCUT2D eigenvalue weighted by molar-refractivity contribution is 0.0951. The molecular formula is C16H14F2N2O3S. The summed E-state index contributed by atoms with van der Waals surface area (Å²) < 4.78 is 53.0. The maximum atomic E-state index is 13.6. The summed E-state index contributed by atoms with van der Waals surface area (Å²) in [6.07, 6.45) is 1.90. The molecule has 0 bridgehead atoms. The molecule has 0 aromatic heterocycles. The molecule has 0 spiro atoms. The van der Waals surface area contributed by atoms with Gasteiger partial charge in [-0.15, -0.1) is 0 Å². The number of benzene rings is 2. The average molecular weight is 352 g/mol. The van der Waals surface area contributed by atoms with E-state index in [1.54, 1.807) is 0 Å². The van der Waals surface area contributed by atoms with Gasteiger partial charge in [0.2, 0.25) is 0 Å². The smallest absolute Gasteiger partial charge is 0.261 e. The molecule has 2 N–H and O–H groups in total. The molecule has 1 aliphatic carbocycles. The molecule has 1 aliphatic rings. The Morgan fingerprint density at radius 3 is 2.29 bits per heavy atom. The lowest BCUT2D eigenvalue weighted by atomic mass is 10.2. The first-order valence-corrected chi connectivity index (χ1v) is 8.72. The maximum absolute atomic E-state index is 13.6. The lowest BCUT2D eigenvalue weighted by Crippen LogP contribution is -2.25. The molecule has 8 heteroatoms. The summed E-state index contributed by atoms with van der Waals surface area (Å²) in [7, 11) is -4.05. The van der Waals surface area contributed by atoms with Gasteiger partial charge in [-0.05, 0) is 49.2 Å². The van der Waals surface area contributed by atoms with Crippen LogP contribution in [0.4, 0.5) is 14.5 Å². The van der Waals surface area contributed by atoms with Gasteiger partial charge in [0, 0.05) is 17.7 Å². The third kappa shape index (κ3) is 3.70. The summed E-state index contributed by atoms with van der Waals surface area (Å²) >= 11 is 0. The summed E-state index contributed by atoms with van der Waals surface area (Å²) in [4.78, 5) is 11.7. The van der Waals surface area contributed by atoms with Crippen molar-refractivity contribution < 1.29 is 22.0 Å². The number of hydrogen-bond acceptors (Lipinski definition) is 3. The Bertz CT molecular complexity index is 879. The van der Waals surface area contributed by atoms with E-state index in [0.29, 0.717) is 11.6 Å². The number of halogens is 2. The van der Waals surface area contributed by atoms with Crippen molar-refractivity contribution in [2.24, 2.45) is 0 Å². The number of carbonyl (C=O) groups is 1. The minimum absolute atomic E-state index is 0.130. The van der Waals surface area contributed by atoms with Crippen LogP contribution in [0.3, 0.4) is 0 Å². The average Bonchev–Trinajstić information content (AvgIpc) is 3.34. The fraction of sp³-hybridized carbons (Fsp3) is 0.188. The second-order valence-corrected chi connectivity index (χ2v) is 7.18. The van der Waals surface area contributed by atoms with Crippen LogP contribution >= 0.6 is 0 Å². The minimum atomic E-state index is -4.05. The Kier molecular flexibility index (Phi) is 4.23. The number of amides is 1. The second-order valence-electron chi connectivity index (χ2n) is 5.50. The summed E-state index contributed by atoms with van der Waals surface area (Å²) in [5.74, 6) is -2.08. The number of anilines is 1. The van der Waals surface area contributed by atoms with E-state index in [1.807, 2.05) is 0 Å². The van der Waals surface area contributed by atoms with Crippen LogP contribution in [0.2, 0.25) is 0 Å². The zero-order valence-corrected chi connectivity index (χ0v) is 13.2. The first-order chi connectivity index (χ1) is 11.3. The Morgan fingerprint density at radius 1 is 1.04 bits per heavy atom. The van der Waals surface area contributed by atoms with E-state index in [0.717, 1.165) is 25.0 Å². The van der Waals surface area contributed by atoms with E-state index in [1.165, 1.54) is 24.3 Å². The topological polar surface area (TPSA) is 75.3 Å². The van der Waals surface area contributed by atoms with E-state index in [2.05, 4.69) is 10.0 Å². The van der Waals surface area contributed by atoms with Crippen LogP contribution in [-0.2, 0) is 10.0 Å². The molecule has 0 saturated heterocycles. The van der Waals surface area contributed by atoms with Gasteiger partial charge < -0.3 is 5.32 Å². The summed E-state index contributed by atoms with van der Waals surface area (Å²) in [6.45, 7) is 0.